The van der Waals surface area contributed by atoms with Gasteiger partial charge in [-0.2, -0.15) is 0 Å². The predicted molar refractivity (Wildman–Crippen MR) is 105 cm³/mol. The summed E-state index contributed by atoms with van der Waals surface area (Å²) in [4.78, 5) is 4.85. The highest BCUT2D eigenvalue weighted by molar-refractivity contribution is 6.30. The lowest BCUT2D eigenvalue weighted by Gasteiger charge is -2.24. The van der Waals surface area contributed by atoms with Crippen molar-refractivity contribution < 1.29 is 0 Å². The van der Waals surface area contributed by atoms with Gasteiger partial charge in [0.1, 0.15) is 5.82 Å². The monoisotopic (exact) mass is 370 g/mol. The molecule has 0 atom stereocenters. The number of aromatic nitrogens is 3. The van der Waals surface area contributed by atoms with E-state index in [1.54, 1.807) is 4.52 Å². The lowest BCUT2D eigenvalue weighted by atomic mass is 9.85. The number of hydrogen-bond acceptors (Lipinski definition) is 5. The maximum Gasteiger partial charge on any atom is 0.177 e. The second kappa shape index (κ2) is 7.13. The van der Waals surface area contributed by atoms with Gasteiger partial charge in [-0.25, -0.2) is 9.50 Å². The van der Waals surface area contributed by atoms with Crippen LogP contribution in [0.4, 0.5) is 11.5 Å². The van der Waals surface area contributed by atoms with Crippen LogP contribution in [-0.2, 0) is 6.54 Å². The first-order chi connectivity index (χ1) is 12.6. The second-order valence-electron chi connectivity index (χ2n) is 7.01. The van der Waals surface area contributed by atoms with E-state index in [9.17, 15) is 0 Å². The average molecular weight is 371 g/mol. The Labute approximate surface area is 157 Å². The summed E-state index contributed by atoms with van der Waals surface area (Å²) in [7, 11) is 0. The van der Waals surface area contributed by atoms with E-state index in [0.29, 0.717) is 24.3 Å². The van der Waals surface area contributed by atoms with Crippen LogP contribution in [0.5, 0.6) is 0 Å². The number of imidazole rings is 1. The minimum Gasteiger partial charge on any atom is -0.382 e. The van der Waals surface area contributed by atoms with Crippen LogP contribution in [0.25, 0.3) is 5.65 Å². The SMILES string of the molecule is Nc1cc(NCc2ccc(Cl)cc2)c2nc([C@H]3CC[C@H](N)CC3)cn2n1. The Morgan fingerprint density at radius 1 is 1.15 bits per heavy atom. The Morgan fingerprint density at radius 2 is 1.88 bits per heavy atom. The number of rotatable bonds is 4. The van der Waals surface area contributed by atoms with Gasteiger partial charge in [-0.15, -0.1) is 5.10 Å². The van der Waals surface area contributed by atoms with Crippen molar-refractivity contribution in [3.05, 3.63) is 52.8 Å². The predicted octanol–water partition coefficient (Wildman–Crippen LogP) is 3.56. The van der Waals surface area contributed by atoms with Gasteiger partial charge in [-0.1, -0.05) is 23.7 Å². The molecule has 2 heterocycles. The summed E-state index contributed by atoms with van der Waals surface area (Å²) in [6.45, 7) is 0.663. The number of nitrogen functional groups attached to an aromatic ring is 1. The molecule has 1 fully saturated rings. The molecule has 0 bridgehead atoms. The van der Waals surface area contributed by atoms with Crippen molar-refractivity contribution in [2.45, 2.75) is 44.2 Å². The fourth-order valence-corrected chi connectivity index (χ4v) is 3.68. The largest absolute Gasteiger partial charge is 0.382 e. The van der Waals surface area contributed by atoms with Crippen molar-refractivity contribution in [1.82, 2.24) is 14.6 Å². The molecule has 5 N–H and O–H groups in total. The number of benzene rings is 1. The van der Waals surface area contributed by atoms with Crippen molar-refractivity contribution >= 4 is 28.8 Å². The lowest BCUT2D eigenvalue weighted by molar-refractivity contribution is 0.391. The number of hydrogen-bond donors (Lipinski definition) is 3. The van der Waals surface area contributed by atoms with Crippen LogP contribution in [0, 0.1) is 0 Å². The van der Waals surface area contributed by atoms with E-state index in [4.69, 9.17) is 28.1 Å². The third kappa shape index (κ3) is 3.61. The van der Waals surface area contributed by atoms with Crippen molar-refractivity contribution in [3.8, 4) is 0 Å². The van der Waals surface area contributed by atoms with E-state index in [1.807, 2.05) is 36.5 Å². The Balaban J connectivity index is 1.58. The molecule has 0 spiro atoms. The Kier molecular flexibility index (Phi) is 4.70. The summed E-state index contributed by atoms with van der Waals surface area (Å²) in [5.74, 6) is 0.910. The molecule has 0 aliphatic heterocycles. The molecule has 1 aromatic carbocycles. The second-order valence-corrected chi connectivity index (χ2v) is 7.44. The number of nitrogens with zero attached hydrogens (tertiary/aromatic N) is 3. The lowest BCUT2D eigenvalue weighted by Crippen LogP contribution is -2.25. The molecule has 26 heavy (non-hydrogen) atoms. The fourth-order valence-electron chi connectivity index (χ4n) is 3.56. The van der Waals surface area contributed by atoms with Gasteiger partial charge in [0, 0.05) is 29.6 Å². The van der Waals surface area contributed by atoms with E-state index in [1.165, 1.54) is 0 Å². The number of anilines is 2. The summed E-state index contributed by atoms with van der Waals surface area (Å²) >= 11 is 5.95. The van der Waals surface area contributed by atoms with Crippen LogP contribution in [-0.4, -0.2) is 20.6 Å². The molecule has 6 nitrogen and oxygen atoms in total. The van der Waals surface area contributed by atoms with Crippen molar-refractivity contribution in [2.75, 3.05) is 11.1 Å². The molecule has 1 aliphatic rings. The van der Waals surface area contributed by atoms with Gasteiger partial charge in [-0.05, 0) is 43.4 Å². The van der Waals surface area contributed by atoms with E-state index in [2.05, 4.69) is 10.4 Å². The standard InChI is InChI=1S/C19H23ClN6/c20-14-5-1-12(2-6-14)10-23-16-9-18(22)25-26-11-17(24-19(16)26)13-3-7-15(21)8-4-13/h1-2,5-6,9,11,13,15,23H,3-4,7-8,10,21H2,(H2,22,25)/t13-,15-. The van der Waals surface area contributed by atoms with Crippen LogP contribution < -0.4 is 16.8 Å². The van der Waals surface area contributed by atoms with Crippen LogP contribution >= 0.6 is 11.6 Å². The molecule has 0 amide bonds. The number of fused-ring (bicyclic) bond motifs is 1. The minimum atomic E-state index is 0.327. The van der Waals surface area contributed by atoms with Gasteiger partial charge in [-0.3, -0.25) is 0 Å². The molecular weight excluding hydrogens is 348 g/mol. The minimum absolute atomic E-state index is 0.327. The van der Waals surface area contributed by atoms with Crippen molar-refractivity contribution in [3.63, 3.8) is 0 Å². The number of nitrogens with two attached hydrogens (primary N) is 2. The summed E-state index contributed by atoms with van der Waals surface area (Å²) in [6, 6.07) is 9.93. The highest BCUT2D eigenvalue weighted by atomic mass is 35.5. The first-order valence-corrected chi connectivity index (χ1v) is 9.36. The quantitative estimate of drug-likeness (QED) is 0.652. The van der Waals surface area contributed by atoms with Gasteiger partial charge in [0.25, 0.3) is 0 Å². The molecule has 1 aliphatic carbocycles. The summed E-state index contributed by atoms with van der Waals surface area (Å²) in [5, 5.41) is 8.54. The van der Waals surface area contributed by atoms with Crippen molar-refractivity contribution in [2.24, 2.45) is 5.73 Å². The van der Waals surface area contributed by atoms with E-state index in [0.717, 1.165) is 53.3 Å². The molecule has 0 saturated heterocycles. The van der Waals surface area contributed by atoms with Gasteiger partial charge in [0.2, 0.25) is 0 Å². The molecule has 7 heteroatoms. The van der Waals surface area contributed by atoms with Crippen molar-refractivity contribution in [1.29, 1.82) is 0 Å². The topological polar surface area (TPSA) is 94.3 Å². The zero-order valence-corrected chi connectivity index (χ0v) is 15.3. The first kappa shape index (κ1) is 17.1. The van der Waals surface area contributed by atoms with E-state index >= 15 is 0 Å². The molecule has 136 valence electrons. The maximum atomic E-state index is 6.03. The van der Waals surface area contributed by atoms with Crippen LogP contribution in [0.2, 0.25) is 5.02 Å². The normalized spacial score (nSPS) is 20.4. The summed E-state index contributed by atoms with van der Waals surface area (Å²) in [6.07, 6.45) is 6.26. The third-order valence-corrected chi connectivity index (χ3v) is 5.30. The van der Waals surface area contributed by atoms with Crippen LogP contribution in [0.1, 0.15) is 42.9 Å². The smallest absolute Gasteiger partial charge is 0.177 e. The van der Waals surface area contributed by atoms with Gasteiger partial charge >= 0.3 is 0 Å². The highest BCUT2D eigenvalue weighted by Crippen LogP contribution is 2.32. The molecule has 0 unspecified atom stereocenters. The van der Waals surface area contributed by atoms with Crippen LogP contribution in [0.15, 0.2) is 36.5 Å². The number of nitrogens with one attached hydrogen (secondary N) is 1. The zero-order chi connectivity index (χ0) is 18.1. The van der Waals surface area contributed by atoms with Gasteiger partial charge in [0.15, 0.2) is 5.65 Å². The fraction of sp³-hybridized carbons (Fsp3) is 0.368. The van der Waals surface area contributed by atoms with Gasteiger partial charge in [0.05, 0.1) is 17.6 Å². The highest BCUT2D eigenvalue weighted by Gasteiger charge is 2.23. The maximum absolute atomic E-state index is 6.03. The third-order valence-electron chi connectivity index (χ3n) is 5.05. The van der Waals surface area contributed by atoms with Crippen LogP contribution in [0.3, 0.4) is 0 Å². The molecule has 2 aromatic heterocycles. The summed E-state index contributed by atoms with van der Waals surface area (Å²) < 4.78 is 1.78. The molecule has 0 radical (unpaired) electrons. The van der Waals surface area contributed by atoms with Gasteiger partial charge < -0.3 is 16.8 Å². The molecule has 3 aromatic rings. The number of halogens is 1. The molecule has 1 saturated carbocycles. The average Bonchev–Trinajstić information content (AvgIpc) is 3.05. The zero-order valence-electron chi connectivity index (χ0n) is 14.5. The Morgan fingerprint density at radius 3 is 2.62 bits per heavy atom. The summed E-state index contributed by atoms with van der Waals surface area (Å²) in [5.41, 5.74) is 15.9. The molecule has 4 rings (SSSR count). The Hall–Kier alpha value is -2.31. The first-order valence-electron chi connectivity index (χ1n) is 8.98. The molecular formula is C19H23ClN6. The van der Waals surface area contributed by atoms with E-state index < -0.39 is 0 Å². The Bertz CT molecular complexity index is 896. The van der Waals surface area contributed by atoms with E-state index in [-0.39, 0.29) is 0 Å².